The fraction of sp³-hybridized carbons (Fsp3) is 0.552. The summed E-state index contributed by atoms with van der Waals surface area (Å²) in [7, 11) is 0. The van der Waals surface area contributed by atoms with Crippen LogP contribution in [0.25, 0.3) is 0 Å². The third-order valence-corrected chi connectivity index (χ3v) is 7.81. The van der Waals surface area contributed by atoms with E-state index in [1.807, 2.05) is 60.7 Å². The van der Waals surface area contributed by atoms with E-state index in [4.69, 9.17) is 29.4 Å². The molecule has 0 radical (unpaired) electrons. The standard InChI is InChI=1S/C29H37NO6/c1-4-21-24(30)26(17(2)15-32-21)35-29-23(25(31)19-11-7-5-8-12-19)18(3)27-22(34-29)16-33-28(36-27)20-13-9-6-10-14-20/h5-14,17-18,21-24,26-29H,4,15-16,30H2,1-3H3/t17?,18-,21?,22?,23?,24+,26-,27-,28?,29+/m1/s1. The van der Waals surface area contributed by atoms with Crippen molar-refractivity contribution in [2.24, 2.45) is 23.5 Å². The van der Waals surface area contributed by atoms with Crippen LogP contribution in [-0.4, -0.2) is 55.7 Å². The van der Waals surface area contributed by atoms with Crippen molar-refractivity contribution in [3.05, 3.63) is 71.8 Å². The molecule has 0 amide bonds. The van der Waals surface area contributed by atoms with Crippen LogP contribution in [0.4, 0.5) is 0 Å². The van der Waals surface area contributed by atoms with Crippen molar-refractivity contribution in [3.8, 4) is 0 Å². The summed E-state index contributed by atoms with van der Waals surface area (Å²) < 4.78 is 31.5. The second-order valence-corrected chi connectivity index (χ2v) is 10.3. The zero-order valence-corrected chi connectivity index (χ0v) is 21.2. The molecule has 36 heavy (non-hydrogen) atoms. The summed E-state index contributed by atoms with van der Waals surface area (Å²) in [5, 5.41) is 0. The van der Waals surface area contributed by atoms with Crippen LogP contribution in [0.15, 0.2) is 60.7 Å². The molecule has 5 rings (SSSR count). The van der Waals surface area contributed by atoms with Gasteiger partial charge in [-0.1, -0.05) is 81.4 Å². The number of benzene rings is 2. The largest absolute Gasteiger partial charge is 0.376 e. The van der Waals surface area contributed by atoms with Gasteiger partial charge in [0.05, 0.1) is 43.5 Å². The second kappa shape index (κ2) is 11.1. The molecule has 7 nitrogen and oxygen atoms in total. The fourth-order valence-electron chi connectivity index (χ4n) is 5.74. The molecular formula is C29H37NO6. The van der Waals surface area contributed by atoms with E-state index in [1.54, 1.807) is 0 Å². The van der Waals surface area contributed by atoms with Gasteiger partial charge in [0.1, 0.15) is 6.10 Å². The van der Waals surface area contributed by atoms with Gasteiger partial charge in [0, 0.05) is 23.0 Å². The molecule has 194 valence electrons. The van der Waals surface area contributed by atoms with Crippen molar-refractivity contribution in [2.45, 2.75) is 70.2 Å². The molecule has 3 heterocycles. The van der Waals surface area contributed by atoms with Gasteiger partial charge in [-0.15, -0.1) is 0 Å². The topological polar surface area (TPSA) is 89.2 Å². The van der Waals surface area contributed by atoms with E-state index in [1.165, 1.54) is 0 Å². The zero-order chi connectivity index (χ0) is 25.2. The van der Waals surface area contributed by atoms with Gasteiger partial charge in [-0.3, -0.25) is 4.79 Å². The number of nitrogens with two attached hydrogens (primary N) is 1. The van der Waals surface area contributed by atoms with Crippen molar-refractivity contribution >= 4 is 5.78 Å². The maximum Gasteiger partial charge on any atom is 0.184 e. The fourth-order valence-corrected chi connectivity index (χ4v) is 5.74. The highest BCUT2D eigenvalue weighted by molar-refractivity contribution is 5.98. The van der Waals surface area contributed by atoms with Crippen LogP contribution in [0, 0.1) is 17.8 Å². The zero-order valence-electron chi connectivity index (χ0n) is 21.2. The number of ketones is 1. The molecule has 3 aliphatic heterocycles. The van der Waals surface area contributed by atoms with Crippen LogP contribution in [0.5, 0.6) is 0 Å². The third kappa shape index (κ3) is 5.01. The van der Waals surface area contributed by atoms with Gasteiger partial charge in [-0.2, -0.15) is 0 Å². The number of rotatable bonds is 6. The minimum Gasteiger partial charge on any atom is -0.376 e. The summed E-state index contributed by atoms with van der Waals surface area (Å²) in [4.78, 5) is 13.9. The van der Waals surface area contributed by atoms with Gasteiger partial charge in [0.2, 0.25) is 0 Å². The van der Waals surface area contributed by atoms with Crippen molar-refractivity contribution in [1.29, 1.82) is 0 Å². The van der Waals surface area contributed by atoms with Crippen LogP contribution in [0.2, 0.25) is 0 Å². The number of hydrogen-bond acceptors (Lipinski definition) is 7. The molecule has 3 saturated heterocycles. The lowest BCUT2D eigenvalue weighted by molar-refractivity contribution is -0.348. The second-order valence-electron chi connectivity index (χ2n) is 10.3. The first kappa shape index (κ1) is 25.5. The monoisotopic (exact) mass is 495 g/mol. The number of carbonyl (C=O) groups excluding carboxylic acids is 1. The lowest BCUT2D eigenvalue weighted by atomic mass is 9.78. The molecule has 2 N–H and O–H groups in total. The number of Topliss-reactive ketones (excluding diaryl/α,β-unsaturated/α-hetero) is 1. The van der Waals surface area contributed by atoms with Gasteiger partial charge in [-0.05, 0) is 6.42 Å². The normalized spacial score (nSPS) is 38.8. The Morgan fingerprint density at radius 1 is 0.972 bits per heavy atom. The SMILES string of the molecule is CCC1OCC(C)[C@@H](O[C@@H]2OC3COC(c4ccccc4)O[C@@H]3[C@H](C)C2C(=O)c2ccccc2)[C@H]1N. The molecule has 2 aromatic rings. The van der Waals surface area contributed by atoms with Gasteiger partial charge in [0.15, 0.2) is 18.4 Å². The first-order chi connectivity index (χ1) is 17.5. The van der Waals surface area contributed by atoms with Gasteiger partial charge < -0.3 is 29.4 Å². The van der Waals surface area contributed by atoms with Gasteiger partial charge >= 0.3 is 0 Å². The van der Waals surface area contributed by atoms with Crippen LogP contribution in [-0.2, 0) is 23.7 Å². The summed E-state index contributed by atoms with van der Waals surface area (Å²) in [6.07, 6.45) is -1.50. The molecule has 2 aromatic carbocycles. The lowest BCUT2D eigenvalue weighted by Gasteiger charge is -2.50. The Balaban J connectivity index is 1.42. The summed E-state index contributed by atoms with van der Waals surface area (Å²) in [5.74, 6) is -0.651. The van der Waals surface area contributed by atoms with Crippen molar-refractivity contribution in [3.63, 3.8) is 0 Å². The van der Waals surface area contributed by atoms with Crippen molar-refractivity contribution in [2.75, 3.05) is 13.2 Å². The Morgan fingerprint density at radius 2 is 1.67 bits per heavy atom. The Hall–Kier alpha value is -2.13. The number of carbonyl (C=O) groups is 1. The highest BCUT2D eigenvalue weighted by Crippen LogP contribution is 2.42. The summed E-state index contributed by atoms with van der Waals surface area (Å²) in [6.45, 7) is 7.10. The summed E-state index contributed by atoms with van der Waals surface area (Å²) in [6, 6.07) is 18.9. The molecule has 10 atom stereocenters. The predicted molar refractivity (Wildman–Crippen MR) is 134 cm³/mol. The highest BCUT2D eigenvalue weighted by Gasteiger charge is 2.52. The smallest absolute Gasteiger partial charge is 0.184 e. The predicted octanol–water partition coefficient (Wildman–Crippen LogP) is 4.12. The van der Waals surface area contributed by atoms with Crippen LogP contribution in [0.1, 0.15) is 49.4 Å². The molecule has 0 bridgehead atoms. The third-order valence-electron chi connectivity index (χ3n) is 7.81. The molecule has 7 heteroatoms. The van der Waals surface area contributed by atoms with Gasteiger partial charge in [0.25, 0.3) is 0 Å². The molecular weight excluding hydrogens is 458 g/mol. The molecule has 0 aliphatic carbocycles. The highest BCUT2D eigenvalue weighted by atomic mass is 16.7. The van der Waals surface area contributed by atoms with Crippen molar-refractivity contribution in [1.82, 2.24) is 0 Å². The first-order valence-corrected chi connectivity index (χ1v) is 13.1. The number of hydrogen-bond donors (Lipinski definition) is 1. The van der Waals surface area contributed by atoms with Gasteiger partial charge in [-0.25, -0.2) is 0 Å². The van der Waals surface area contributed by atoms with Crippen LogP contribution < -0.4 is 5.73 Å². The Kier molecular flexibility index (Phi) is 7.86. The average Bonchev–Trinajstić information content (AvgIpc) is 2.92. The lowest BCUT2D eigenvalue weighted by Crippen LogP contribution is -2.61. The average molecular weight is 496 g/mol. The number of fused-ring (bicyclic) bond motifs is 1. The maximum absolute atomic E-state index is 13.9. The Morgan fingerprint density at radius 3 is 2.36 bits per heavy atom. The Bertz CT molecular complexity index is 1000. The first-order valence-electron chi connectivity index (χ1n) is 13.1. The molecule has 0 spiro atoms. The molecule has 3 aliphatic rings. The Labute approximate surface area is 213 Å². The van der Waals surface area contributed by atoms with E-state index in [0.29, 0.717) is 18.8 Å². The summed E-state index contributed by atoms with van der Waals surface area (Å²) in [5.41, 5.74) is 8.16. The molecule has 3 fully saturated rings. The minimum atomic E-state index is -0.761. The summed E-state index contributed by atoms with van der Waals surface area (Å²) >= 11 is 0. The number of ether oxygens (including phenoxy) is 5. The minimum absolute atomic E-state index is 0.0155. The van der Waals surface area contributed by atoms with E-state index in [-0.39, 0.29) is 48.1 Å². The quantitative estimate of drug-likeness (QED) is 0.603. The van der Waals surface area contributed by atoms with E-state index in [2.05, 4.69) is 20.8 Å². The molecule has 0 saturated carbocycles. The molecule has 0 aromatic heterocycles. The van der Waals surface area contributed by atoms with E-state index in [0.717, 1.165) is 12.0 Å². The van der Waals surface area contributed by atoms with Crippen molar-refractivity contribution < 1.29 is 28.5 Å². The van der Waals surface area contributed by atoms with E-state index >= 15 is 0 Å². The molecule has 5 unspecified atom stereocenters. The van der Waals surface area contributed by atoms with E-state index in [9.17, 15) is 4.79 Å². The maximum atomic E-state index is 13.9. The van der Waals surface area contributed by atoms with Crippen LogP contribution >= 0.6 is 0 Å². The van der Waals surface area contributed by atoms with E-state index < -0.39 is 18.5 Å². The van der Waals surface area contributed by atoms with Crippen LogP contribution in [0.3, 0.4) is 0 Å².